The van der Waals surface area contributed by atoms with Crippen molar-refractivity contribution in [1.82, 2.24) is 10.3 Å². The van der Waals surface area contributed by atoms with E-state index in [-0.39, 0.29) is 21.6 Å². The molecule has 0 aliphatic carbocycles. The second kappa shape index (κ2) is 5.77. The number of anilines is 1. The van der Waals surface area contributed by atoms with Crippen LogP contribution < -0.4 is 11.1 Å². The summed E-state index contributed by atoms with van der Waals surface area (Å²) >= 11 is 13.3. The number of rotatable bonds is 3. The molecule has 1 amide bonds. The second-order valence-corrected chi connectivity index (χ2v) is 5.68. The summed E-state index contributed by atoms with van der Waals surface area (Å²) in [4.78, 5) is 16.2. The third-order valence-electron chi connectivity index (χ3n) is 2.41. The maximum atomic E-state index is 11.9. The van der Waals surface area contributed by atoms with Gasteiger partial charge in [-0.2, -0.15) is 0 Å². The molecule has 100 valence electrons. The Hall–Kier alpha value is -1.30. The Balaban J connectivity index is 2.08. The normalized spacial score (nSPS) is 10.5. The van der Waals surface area contributed by atoms with Gasteiger partial charge >= 0.3 is 0 Å². The minimum absolute atomic E-state index is 0.266. The predicted molar refractivity (Wildman–Crippen MR) is 78.9 cm³/mol. The van der Waals surface area contributed by atoms with E-state index < -0.39 is 0 Å². The van der Waals surface area contributed by atoms with Gasteiger partial charge in [0.05, 0.1) is 22.3 Å². The van der Waals surface area contributed by atoms with Crippen LogP contribution in [0.1, 0.15) is 21.1 Å². The van der Waals surface area contributed by atoms with E-state index in [2.05, 4.69) is 10.3 Å². The summed E-state index contributed by atoms with van der Waals surface area (Å²) < 4.78 is 0. The Morgan fingerprint density at radius 2 is 2.05 bits per heavy atom. The lowest BCUT2D eigenvalue weighted by Crippen LogP contribution is -2.22. The lowest BCUT2D eigenvalue weighted by atomic mass is 10.2. The van der Waals surface area contributed by atoms with E-state index in [0.717, 1.165) is 10.7 Å². The van der Waals surface area contributed by atoms with Crippen molar-refractivity contribution in [2.45, 2.75) is 13.5 Å². The van der Waals surface area contributed by atoms with Crippen LogP contribution in [-0.2, 0) is 6.54 Å². The van der Waals surface area contributed by atoms with Crippen LogP contribution in [0.25, 0.3) is 0 Å². The van der Waals surface area contributed by atoms with Gasteiger partial charge in [-0.1, -0.05) is 23.2 Å². The number of carbonyl (C=O) groups is 1. The fraction of sp³-hybridized carbons (Fsp3) is 0.167. The Bertz CT molecular complexity index is 604. The van der Waals surface area contributed by atoms with E-state index in [1.54, 1.807) is 0 Å². The number of hydrogen-bond acceptors (Lipinski definition) is 4. The molecule has 1 aromatic heterocycles. The van der Waals surface area contributed by atoms with Crippen LogP contribution in [0.15, 0.2) is 17.5 Å². The highest BCUT2D eigenvalue weighted by molar-refractivity contribution is 7.09. The maximum absolute atomic E-state index is 11.9. The minimum Gasteiger partial charge on any atom is -0.396 e. The fourth-order valence-electron chi connectivity index (χ4n) is 1.46. The zero-order chi connectivity index (χ0) is 14.0. The van der Waals surface area contributed by atoms with Crippen LogP contribution in [0.2, 0.25) is 10.0 Å². The first kappa shape index (κ1) is 14.1. The molecule has 0 bridgehead atoms. The second-order valence-electron chi connectivity index (χ2n) is 3.92. The van der Waals surface area contributed by atoms with Gasteiger partial charge in [0, 0.05) is 16.6 Å². The quantitative estimate of drug-likeness (QED) is 0.854. The first-order valence-electron chi connectivity index (χ1n) is 5.41. The van der Waals surface area contributed by atoms with Crippen LogP contribution in [0, 0.1) is 6.92 Å². The van der Waals surface area contributed by atoms with Gasteiger partial charge in [-0.3, -0.25) is 4.79 Å². The van der Waals surface area contributed by atoms with E-state index >= 15 is 0 Å². The molecule has 3 N–H and O–H groups in total. The standard InChI is InChI=1S/C12H11Cl2N3OS/c1-6-5-19-10(17-6)4-16-12(18)7-2-8(13)11(15)9(14)3-7/h2-3,5H,4,15H2,1H3,(H,16,18). The highest BCUT2D eigenvalue weighted by atomic mass is 35.5. The molecule has 2 aromatic rings. The van der Waals surface area contributed by atoms with E-state index in [4.69, 9.17) is 28.9 Å². The topological polar surface area (TPSA) is 68.0 Å². The molecule has 0 aliphatic rings. The van der Waals surface area contributed by atoms with Crippen molar-refractivity contribution in [3.63, 3.8) is 0 Å². The summed E-state index contributed by atoms with van der Waals surface area (Å²) in [6.07, 6.45) is 0. The van der Waals surface area contributed by atoms with Gasteiger partial charge < -0.3 is 11.1 Å². The number of nitrogens with one attached hydrogen (secondary N) is 1. The van der Waals surface area contributed by atoms with E-state index in [1.165, 1.54) is 23.5 Å². The molecular weight excluding hydrogens is 305 g/mol. The van der Waals surface area contributed by atoms with Crippen molar-refractivity contribution in [3.8, 4) is 0 Å². The van der Waals surface area contributed by atoms with Crippen molar-refractivity contribution >= 4 is 46.1 Å². The average molecular weight is 316 g/mol. The summed E-state index contributed by atoms with van der Waals surface area (Å²) in [5, 5.41) is 6.06. The Labute approximate surface area is 124 Å². The van der Waals surface area contributed by atoms with Gasteiger partial charge in [0.2, 0.25) is 0 Å². The van der Waals surface area contributed by atoms with Crippen LogP contribution in [0.4, 0.5) is 5.69 Å². The van der Waals surface area contributed by atoms with E-state index in [1.807, 2.05) is 12.3 Å². The minimum atomic E-state index is -0.267. The summed E-state index contributed by atoms with van der Waals surface area (Å²) in [7, 11) is 0. The van der Waals surface area contributed by atoms with Crippen molar-refractivity contribution in [3.05, 3.63) is 43.8 Å². The molecule has 0 saturated carbocycles. The average Bonchev–Trinajstić information content (AvgIpc) is 2.78. The molecule has 0 spiro atoms. The van der Waals surface area contributed by atoms with E-state index in [9.17, 15) is 4.79 Å². The maximum Gasteiger partial charge on any atom is 0.251 e. The SMILES string of the molecule is Cc1csc(CNC(=O)c2cc(Cl)c(N)c(Cl)c2)n1. The van der Waals surface area contributed by atoms with Crippen LogP contribution in [0.5, 0.6) is 0 Å². The zero-order valence-corrected chi connectivity index (χ0v) is 12.4. The van der Waals surface area contributed by atoms with Gasteiger partial charge in [0.1, 0.15) is 5.01 Å². The first-order valence-corrected chi connectivity index (χ1v) is 7.04. The van der Waals surface area contributed by atoms with Crippen molar-refractivity contribution in [1.29, 1.82) is 0 Å². The number of hydrogen-bond donors (Lipinski definition) is 2. The number of halogens is 2. The van der Waals surface area contributed by atoms with Gasteiger partial charge in [-0.05, 0) is 19.1 Å². The summed E-state index contributed by atoms with van der Waals surface area (Å²) in [6.45, 7) is 2.28. The lowest BCUT2D eigenvalue weighted by molar-refractivity contribution is 0.0951. The largest absolute Gasteiger partial charge is 0.396 e. The number of carbonyl (C=O) groups excluding carboxylic acids is 1. The van der Waals surface area contributed by atoms with Crippen molar-refractivity contribution < 1.29 is 4.79 Å². The summed E-state index contributed by atoms with van der Waals surface area (Å²) in [6, 6.07) is 2.98. The Morgan fingerprint density at radius 3 is 2.58 bits per heavy atom. The monoisotopic (exact) mass is 315 g/mol. The fourth-order valence-corrected chi connectivity index (χ4v) is 2.66. The van der Waals surface area contributed by atoms with Gasteiger partial charge in [-0.15, -0.1) is 11.3 Å². The number of nitrogen functional groups attached to an aromatic ring is 1. The molecular formula is C12H11Cl2N3OS. The van der Waals surface area contributed by atoms with Crippen LogP contribution >= 0.6 is 34.5 Å². The van der Waals surface area contributed by atoms with Crippen molar-refractivity contribution in [2.75, 3.05) is 5.73 Å². The molecule has 0 radical (unpaired) electrons. The molecule has 0 aliphatic heterocycles. The molecule has 0 saturated heterocycles. The smallest absolute Gasteiger partial charge is 0.251 e. The number of aromatic nitrogens is 1. The number of nitrogens with two attached hydrogens (primary N) is 1. The van der Waals surface area contributed by atoms with Gasteiger partial charge in [0.15, 0.2) is 0 Å². The molecule has 7 heteroatoms. The highest BCUT2D eigenvalue weighted by Gasteiger charge is 2.11. The lowest BCUT2D eigenvalue weighted by Gasteiger charge is -2.06. The Kier molecular flexibility index (Phi) is 4.29. The zero-order valence-electron chi connectivity index (χ0n) is 10.0. The highest BCUT2D eigenvalue weighted by Crippen LogP contribution is 2.28. The van der Waals surface area contributed by atoms with Crippen LogP contribution in [0.3, 0.4) is 0 Å². The molecule has 0 unspecified atom stereocenters. The molecule has 0 fully saturated rings. The molecule has 4 nitrogen and oxygen atoms in total. The summed E-state index contributed by atoms with van der Waals surface area (Å²) in [5.74, 6) is -0.267. The van der Waals surface area contributed by atoms with Crippen molar-refractivity contribution in [2.24, 2.45) is 0 Å². The molecule has 1 aromatic carbocycles. The number of benzene rings is 1. The predicted octanol–water partition coefficient (Wildman–Crippen LogP) is 3.27. The molecule has 0 atom stereocenters. The Morgan fingerprint density at radius 1 is 1.42 bits per heavy atom. The third-order valence-corrected chi connectivity index (χ3v) is 4.00. The number of thiazole rings is 1. The molecule has 2 rings (SSSR count). The number of nitrogens with zero attached hydrogens (tertiary/aromatic N) is 1. The number of aryl methyl sites for hydroxylation is 1. The molecule has 1 heterocycles. The van der Waals surface area contributed by atoms with Crippen LogP contribution in [-0.4, -0.2) is 10.9 Å². The first-order chi connectivity index (χ1) is 8.97. The van der Waals surface area contributed by atoms with Gasteiger partial charge in [0.25, 0.3) is 5.91 Å². The molecule has 19 heavy (non-hydrogen) atoms. The summed E-state index contributed by atoms with van der Waals surface area (Å²) in [5.41, 5.74) is 7.20. The third kappa shape index (κ3) is 3.37. The number of amides is 1. The van der Waals surface area contributed by atoms with Gasteiger partial charge in [-0.25, -0.2) is 4.98 Å². The van der Waals surface area contributed by atoms with E-state index in [0.29, 0.717) is 12.1 Å².